The molecule has 3 amide bonds. The van der Waals surface area contributed by atoms with Gasteiger partial charge in [0, 0.05) is 39.0 Å². The van der Waals surface area contributed by atoms with Crippen molar-refractivity contribution in [3.63, 3.8) is 0 Å². The number of hydrogen-bond acceptors (Lipinski definition) is 4. The Bertz CT molecular complexity index is 613. The topological polar surface area (TPSA) is 71.1 Å². The highest BCUT2D eigenvalue weighted by atomic mass is 16.5. The highest BCUT2D eigenvalue weighted by Crippen LogP contribution is 2.30. The van der Waals surface area contributed by atoms with Crippen LogP contribution in [-0.4, -0.2) is 74.3 Å². The van der Waals surface area contributed by atoms with Crippen LogP contribution in [-0.2, 0) is 9.53 Å². The molecule has 0 bridgehead atoms. The molecule has 0 saturated carbocycles. The van der Waals surface area contributed by atoms with Gasteiger partial charge in [-0.3, -0.25) is 4.79 Å². The summed E-state index contributed by atoms with van der Waals surface area (Å²) < 4.78 is 10.5. The van der Waals surface area contributed by atoms with Crippen LogP contribution in [0.1, 0.15) is 18.4 Å². The lowest BCUT2D eigenvalue weighted by molar-refractivity contribution is -0.119. The third-order valence-corrected chi connectivity index (χ3v) is 4.80. The molecule has 2 aliphatic heterocycles. The van der Waals surface area contributed by atoms with Gasteiger partial charge in [-0.05, 0) is 17.7 Å². The number of likely N-dealkylation sites (tertiary alicyclic amines) is 1. The standard InChI is InChI=1S/C18H25N3O4/c1-13(22)19-17-12-21(18(23)20-7-9-25-10-8-20)11-16(17)14-3-5-15(24-2)6-4-14/h3-6,16-17H,7-12H2,1-2H3,(H,19,22). The normalized spacial score (nSPS) is 23.4. The van der Waals surface area contributed by atoms with Gasteiger partial charge in [0.1, 0.15) is 5.75 Å². The lowest BCUT2D eigenvalue weighted by atomic mass is 9.94. The molecule has 2 unspecified atom stereocenters. The molecule has 25 heavy (non-hydrogen) atoms. The van der Waals surface area contributed by atoms with Crippen molar-refractivity contribution in [2.24, 2.45) is 0 Å². The molecule has 1 N–H and O–H groups in total. The number of nitrogens with zero attached hydrogens (tertiary/aromatic N) is 2. The number of nitrogens with one attached hydrogen (secondary N) is 1. The third kappa shape index (κ3) is 4.04. The Labute approximate surface area is 147 Å². The summed E-state index contributed by atoms with van der Waals surface area (Å²) in [7, 11) is 1.63. The fourth-order valence-electron chi connectivity index (χ4n) is 3.51. The van der Waals surface area contributed by atoms with E-state index in [4.69, 9.17) is 9.47 Å². The number of hydrogen-bond donors (Lipinski definition) is 1. The van der Waals surface area contributed by atoms with E-state index in [2.05, 4.69) is 5.32 Å². The van der Waals surface area contributed by atoms with Crippen molar-refractivity contribution in [3.8, 4) is 5.75 Å². The van der Waals surface area contributed by atoms with Gasteiger partial charge in [0.05, 0.1) is 26.4 Å². The highest BCUT2D eigenvalue weighted by Gasteiger charge is 2.38. The number of urea groups is 1. The second-order valence-electron chi connectivity index (χ2n) is 6.47. The lowest BCUT2D eigenvalue weighted by Crippen LogP contribution is -2.48. The van der Waals surface area contributed by atoms with Gasteiger partial charge in [0.25, 0.3) is 0 Å². The maximum absolute atomic E-state index is 12.8. The van der Waals surface area contributed by atoms with E-state index < -0.39 is 0 Å². The Hall–Kier alpha value is -2.28. The molecular weight excluding hydrogens is 322 g/mol. The van der Waals surface area contributed by atoms with Crippen molar-refractivity contribution in [2.75, 3.05) is 46.5 Å². The van der Waals surface area contributed by atoms with Crippen molar-refractivity contribution in [1.82, 2.24) is 15.1 Å². The van der Waals surface area contributed by atoms with Crippen LogP contribution in [0.25, 0.3) is 0 Å². The number of amides is 3. The fraction of sp³-hybridized carbons (Fsp3) is 0.556. The molecule has 3 rings (SSSR count). The van der Waals surface area contributed by atoms with Crippen LogP contribution in [0, 0.1) is 0 Å². The van der Waals surface area contributed by atoms with E-state index in [-0.39, 0.29) is 23.9 Å². The zero-order chi connectivity index (χ0) is 17.8. The van der Waals surface area contributed by atoms with Crippen molar-refractivity contribution < 1.29 is 19.1 Å². The van der Waals surface area contributed by atoms with E-state index in [0.29, 0.717) is 39.4 Å². The minimum atomic E-state index is -0.0871. The van der Waals surface area contributed by atoms with Gasteiger partial charge in [0.15, 0.2) is 0 Å². The quantitative estimate of drug-likeness (QED) is 0.887. The monoisotopic (exact) mass is 347 g/mol. The molecule has 2 aliphatic rings. The number of carbonyl (C=O) groups excluding carboxylic acids is 2. The molecule has 7 heteroatoms. The van der Waals surface area contributed by atoms with E-state index in [0.717, 1.165) is 11.3 Å². The summed E-state index contributed by atoms with van der Waals surface area (Å²) in [6.07, 6.45) is 0. The van der Waals surface area contributed by atoms with Gasteiger partial charge in [0.2, 0.25) is 5.91 Å². The van der Waals surface area contributed by atoms with Gasteiger partial charge in [-0.25, -0.2) is 4.79 Å². The predicted octanol–water partition coefficient (Wildman–Crippen LogP) is 1.05. The van der Waals surface area contributed by atoms with Crippen molar-refractivity contribution in [1.29, 1.82) is 0 Å². The molecule has 1 aromatic rings. The first kappa shape index (κ1) is 17.5. The summed E-state index contributed by atoms with van der Waals surface area (Å²) in [6.45, 7) is 5.02. The van der Waals surface area contributed by atoms with Gasteiger partial charge in [-0.2, -0.15) is 0 Å². The number of rotatable bonds is 3. The number of carbonyl (C=O) groups is 2. The molecule has 0 spiro atoms. The Morgan fingerprint density at radius 2 is 1.80 bits per heavy atom. The molecule has 0 aromatic heterocycles. The lowest BCUT2D eigenvalue weighted by Gasteiger charge is -2.31. The van der Waals surface area contributed by atoms with Gasteiger partial charge < -0.3 is 24.6 Å². The molecule has 1 aromatic carbocycles. The average Bonchev–Trinajstić information content (AvgIpc) is 3.05. The second-order valence-corrected chi connectivity index (χ2v) is 6.47. The van der Waals surface area contributed by atoms with E-state index >= 15 is 0 Å². The number of benzene rings is 1. The Morgan fingerprint density at radius 3 is 2.40 bits per heavy atom. The number of morpholine rings is 1. The van der Waals surface area contributed by atoms with Gasteiger partial charge in [-0.15, -0.1) is 0 Å². The minimum absolute atomic E-state index is 0.0228. The van der Waals surface area contributed by atoms with E-state index in [1.54, 1.807) is 7.11 Å². The minimum Gasteiger partial charge on any atom is -0.497 e. The van der Waals surface area contributed by atoms with Gasteiger partial charge in [-0.1, -0.05) is 12.1 Å². The van der Waals surface area contributed by atoms with E-state index in [1.807, 2.05) is 34.1 Å². The maximum Gasteiger partial charge on any atom is 0.320 e. The average molecular weight is 347 g/mol. The molecular formula is C18H25N3O4. The van der Waals surface area contributed by atoms with Crippen LogP contribution in [0.4, 0.5) is 4.79 Å². The van der Waals surface area contributed by atoms with Crippen molar-refractivity contribution in [2.45, 2.75) is 18.9 Å². The van der Waals surface area contributed by atoms with Crippen molar-refractivity contribution >= 4 is 11.9 Å². The fourth-order valence-corrected chi connectivity index (χ4v) is 3.51. The van der Waals surface area contributed by atoms with E-state index in [9.17, 15) is 9.59 Å². The SMILES string of the molecule is COc1ccc(C2CN(C(=O)N3CCOCC3)CC2NC(C)=O)cc1. The van der Waals surface area contributed by atoms with Crippen LogP contribution < -0.4 is 10.1 Å². The highest BCUT2D eigenvalue weighted by molar-refractivity contribution is 5.76. The Kier molecular flexibility index (Phi) is 5.43. The van der Waals surface area contributed by atoms with E-state index in [1.165, 1.54) is 6.92 Å². The summed E-state index contributed by atoms with van der Waals surface area (Å²) in [5.74, 6) is 0.781. The van der Waals surface area contributed by atoms with Gasteiger partial charge >= 0.3 is 6.03 Å². The number of ether oxygens (including phenoxy) is 2. The molecule has 0 radical (unpaired) electrons. The van der Waals surface area contributed by atoms with Crippen molar-refractivity contribution in [3.05, 3.63) is 29.8 Å². The summed E-state index contributed by atoms with van der Waals surface area (Å²) in [6, 6.07) is 7.76. The van der Waals surface area contributed by atoms with Crippen LogP contribution >= 0.6 is 0 Å². The zero-order valence-electron chi connectivity index (χ0n) is 14.7. The largest absolute Gasteiger partial charge is 0.497 e. The smallest absolute Gasteiger partial charge is 0.320 e. The van der Waals surface area contributed by atoms with Crippen LogP contribution in [0.5, 0.6) is 5.75 Å². The Morgan fingerprint density at radius 1 is 1.12 bits per heavy atom. The molecule has 2 atom stereocenters. The Balaban J connectivity index is 1.75. The summed E-state index contributed by atoms with van der Waals surface area (Å²) >= 11 is 0. The first-order valence-electron chi connectivity index (χ1n) is 8.61. The number of methoxy groups -OCH3 is 1. The molecule has 0 aliphatic carbocycles. The van der Waals surface area contributed by atoms with Crippen LogP contribution in [0.15, 0.2) is 24.3 Å². The molecule has 136 valence electrons. The maximum atomic E-state index is 12.8. The summed E-state index contributed by atoms with van der Waals surface area (Å²) in [4.78, 5) is 28.0. The first-order valence-corrected chi connectivity index (χ1v) is 8.61. The molecule has 2 fully saturated rings. The third-order valence-electron chi connectivity index (χ3n) is 4.80. The zero-order valence-corrected chi connectivity index (χ0v) is 14.7. The summed E-state index contributed by atoms with van der Waals surface area (Å²) in [5.41, 5.74) is 1.09. The molecule has 2 saturated heterocycles. The predicted molar refractivity (Wildman–Crippen MR) is 92.7 cm³/mol. The second kappa shape index (κ2) is 7.74. The van der Waals surface area contributed by atoms with Crippen LogP contribution in [0.3, 0.4) is 0 Å². The molecule has 2 heterocycles. The summed E-state index contributed by atoms with van der Waals surface area (Å²) in [5, 5.41) is 3.00. The molecule has 7 nitrogen and oxygen atoms in total. The first-order chi connectivity index (χ1) is 12.1. The van der Waals surface area contributed by atoms with Crippen LogP contribution in [0.2, 0.25) is 0 Å².